The van der Waals surface area contributed by atoms with Crippen molar-refractivity contribution in [2.45, 2.75) is 84.2 Å². The van der Waals surface area contributed by atoms with Crippen molar-refractivity contribution in [2.24, 2.45) is 0 Å². The molecule has 1 aromatic heterocycles. The fourth-order valence-corrected chi connectivity index (χ4v) is 4.97. The molecule has 3 aromatic rings. The van der Waals surface area contributed by atoms with Crippen LogP contribution in [0, 0.1) is 6.92 Å². The van der Waals surface area contributed by atoms with Crippen LogP contribution in [0.25, 0.3) is 0 Å². The highest BCUT2D eigenvalue weighted by molar-refractivity contribution is 9.10. The van der Waals surface area contributed by atoms with E-state index in [0.717, 1.165) is 11.3 Å². The minimum atomic E-state index is -5.25. The fourth-order valence-electron chi connectivity index (χ4n) is 4.68. The number of aromatic nitrogens is 1. The number of ether oxygens (including phenoxy) is 5. The zero-order valence-electron chi connectivity index (χ0n) is 30.0. The second-order valence-electron chi connectivity index (χ2n) is 13.0. The highest BCUT2D eigenvalue weighted by Crippen LogP contribution is 2.36. The van der Waals surface area contributed by atoms with Gasteiger partial charge in [-0.1, -0.05) is 42.5 Å². The Balaban J connectivity index is 1.71. The molecule has 0 radical (unpaired) electrons. The lowest BCUT2D eigenvalue weighted by Crippen LogP contribution is -2.62. The second-order valence-corrected chi connectivity index (χ2v) is 13.7. The number of alkyl halides is 3. The first kappa shape index (κ1) is 42.4. The van der Waals surface area contributed by atoms with Crippen molar-refractivity contribution in [3.63, 3.8) is 0 Å². The Bertz CT molecular complexity index is 1640. The number of carbonyl (C=O) groups is 3. The fraction of sp³-hybridized carbons (Fsp3) is 0.459. The Kier molecular flexibility index (Phi) is 15.6. The average molecular weight is 797 g/mol. The first-order valence-electron chi connectivity index (χ1n) is 16.5. The van der Waals surface area contributed by atoms with Gasteiger partial charge in [0.15, 0.2) is 0 Å². The summed E-state index contributed by atoms with van der Waals surface area (Å²) in [5, 5.41) is 4.52. The lowest BCUT2D eigenvalue weighted by Gasteiger charge is -2.34. The molecule has 284 valence electrons. The average Bonchev–Trinajstić information content (AvgIpc) is 3.08. The van der Waals surface area contributed by atoms with Crippen LogP contribution >= 0.6 is 15.9 Å². The minimum Gasteiger partial charge on any atom is -0.497 e. The van der Waals surface area contributed by atoms with Crippen LogP contribution in [0.4, 0.5) is 23.7 Å². The van der Waals surface area contributed by atoms with E-state index >= 15 is 0 Å². The highest BCUT2D eigenvalue weighted by Gasteiger charge is 2.62. The van der Waals surface area contributed by atoms with Gasteiger partial charge in [-0.25, -0.2) is 9.78 Å². The van der Waals surface area contributed by atoms with Crippen LogP contribution < -0.4 is 15.4 Å². The van der Waals surface area contributed by atoms with Crippen molar-refractivity contribution in [3.8, 4) is 5.75 Å². The number of amides is 2. The van der Waals surface area contributed by atoms with Crippen molar-refractivity contribution < 1.29 is 51.2 Å². The Morgan fingerprint density at radius 3 is 2.23 bits per heavy atom. The molecule has 15 heteroatoms. The summed E-state index contributed by atoms with van der Waals surface area (Å²) in [6.07, 6.45) is -5.56. The van der Waals surface area contributed by atoms with Gasteiger partial charge in [0.2, 0.25) is 5.78 Å². The molecule has 1 heterocycles. The van der Waals surface area contributed by atoms with Gasteiger partial charge < -0.3 is 29.0 Å². The molecule has 2 aromatic carbocycles. The zero-order valence-corrected chi connectivity index (χ0v) is 31.6. The van der Waals surface area contributed by atoms with Crippen molar-refractivity contribution in [2.75, 3.05) is 32.2 Å². The largest absolute Gasteiger partial charge is 0.497 e. The van der Waals surface area contributed by atoms with Crippen LogP contribution in [-0.4, -0.2) is 73.1 Å². The molecule has 0 fully saturated rings. The van der Waals surface area contributed by atoms with Gasteiger partial charge in [0.05, 0.1) is 45.3 Å². The minimum absolute atomic E-state index is 0.0536. The number of rotatable bonds is 18. The van der Waals surface area contributed by atoms with Gasteiger partial charge in [0.1, 0.15) is 21.6 Å². The van der Waals surface area contributed by atoms with Gasteiger partial charge in [0.25, 0.3) is 11.5 Å². The molecular weight excluding hydrogens is 751 g/mol. The predicted molar refractivity (Wildman–Crippen MR) is 191 cm³/mol. The van der Waals surface area contributed by atoms with Gasteiger partial charge in [-0.2, -0.15) is 13.2 Å². The van der Waals surface area contributed by atoms with E-state index in [-0.39, 0.29) is 28.7 Å². The van der Waals surface area contributed by atoms with Crippen LogP contribution in [0.3, 0.4) is 0 Å². The van der Waals surface area contributed by atoms with E-state index in [1.165, 1.54) is 6.07 Å². The van der Waals surface area contributed by atoms with E-state index in [1.807, 2.05) is 31.2 Å². The first-order chi connectivity index (χ1) is 24.4. The summed E-state index contributed by atoms with van der Waals surface area (Å²) in [6, 6.07) is 16.8. The van der Waals surface area contributed by atoms with Crippen molar-refractivity contribution in [1.29, 1.82) is 0 Å². The molecule has 1 unspecified atom stereocenters. The van der Waals surface area contributed by atoms with E-state index in [1.54, 1.807) is 65.1 Å². The number of ketones is 1. The standard InChI is InChI=1S/C37H45BrF3N3O8/c1-24-19-29(43-34(47)52-35(3,4)5)31(44-32(24)38)30(45)20-42-33(46)36(37(39,40)41,51-22-26-12-8-7-9-13-26)23-49-18-10-11-25(2)50-21-27-14-16-28(48-6)17-15-27/h7-9,12-17,19,25H,10-11,18,20-23H2,1-6H3,(H,42,46)(H,43,47)/t25-,36?/m0/s1. The Morgan fingerprint density at radius 2 is 1.62 bits per heavy atom. The number of nitrogens with zero attached hydrogens (tertiary/aromatic N) is 1. The third-order valence-electron chi connectivity index (χ3n) is 7.51. The SMILES string of the molecule is COc1ccc(CO[C@@H](C)CCCOCC(OCc2ccccc2)(C(=O)NCC(=O)c2nc(Br)c(C)cc2NC(=O)OC(C)(C)C)C(F)(F)F)cc1. The van der Waals surface area contributed by atoms with Gasteiger partial charge in [-0.3, -0.25) is 14.9 Å². The number of hydrogen-bond donors (Lipinski definition) is 2. The highest BCUT2D eigenvalue weighted by atomic mass is 79.9. The van der Waals surface area contributed by atoms with E-state index in [9.17, 15) is 27.6 Å². The monoisotopic (exact) mass is 795 g/mol. The molecular formula is C37H45BrF3N3O8. The Morgan fingerprint density at radius 1 is 0.962 bits per heavy atom. The molecule has 11 nitrogen and oxygen atoms in total. The number of hydrogen-bond acceptors (Lipinski definition) is 9. The number of pyridine rings is 1. The lowest BCUT2D eigenvalue weighted by molar-refractivity contribution is -0.283. The molecule has 0 aliphatic carbocycles. The summed E-state index contributed by atoms with van der Waals surface area (Å²) < 4.78 is 72.0. The van der Waals surface area contributed by atoms with Crippen LogP contribution in [0.15, 0.2) is 65.3 Å². The van der Waals surface area contributed by atoms with Gasteiger partial charge in [-0.15, -0.1) is 0 Å². The Hall–Kier alpha value is -4.05. The van der Waals surface area contributed by atoms with Gasteiger partial charge in [0, 0.05) is 6.61 Å². The van der Waals surface area contributed by atoms with Crippen LogP contribution in [-0.2, 0) is 37.0 Å². The summed E-state index contributed by atoms with van der Waals surface area (Å²) in [4.78, 5) is 43.5. The van der Waals surface area contributed by atoms with Crippen molar-refractivity contribution in [3.05, 3.63) is 87.7 Å². The zero-order chi connectivity index (χ0) is 38.5. The lowest BCUT2D eigenvalue weighted by atomic mass is 10.0. The number of Topliss-reactive ketones (excluding diaryl/α,β-unsaturated/α-hetero) is 1. The number of nitrogens with one attached hydrogen (secondary N) is 2. The molecule has 0 saturated carbocycles. The molecule has 0 bridgehead atoms. The van der Waals surface area contributed by atoms with E-state index in [4.69, 9.17) is 23.7 Å². The van der Waals surface area contributed by atoms with Gasteiger partial charge in [-0.05, 0) is 98.3 Å². The molecule has 52 heavy (non-hydrogen) atoms. The van der Waals surface area contributed by atoms with E-state index in [2.05, 4.69) is 31.5 Å². The van der Waals surface area contributed by atoms with Gasteiger partial charge >= 0.3 is 12.3 Å². The maximum absolute atomic E-state index is 14.9. The summed E-state index contributed by atoms with van der Waals surface area (Å²) >= 11 is 3.23. The second kappa shape index (κ2) is 19.1. The maximum atomic E-state index is 14.9. The number of benzene rings is 2. The third-order valence-corrected chi connectivity index (χ3v) is 8.31. The Labute approximate surface area is 310 Å². The number of anilines is 1. The van der Waals surface area contributed by atoms with E-state index in [0.29, 0.717) is 30.6 Å². The van der Waals surface area contributed by atoms with Crippen molar-refractivity contribution in [1.82, 2.24) is 10.3 Å². The van der Waals surface area contributed by atoms with Crippen LogP contribution in [0.2, 0.25) is 0 Å². The first-order valence-corrected chi connectivity index (χ1v) is 17.3. The molecule has 3 rings (SSSR count). The van der Waals surface area contributed by atoms with E-state index < -0.39 is 54.9 Å². The molecule has 2 N–H and O–H groups in total. The summed E-state index contributed by atoms with van der Waals surface area (Å²) in [5.74, 6) is -1.80. The molecule has 2 amide bonds. The number of halogens is 4. The molecule has 0 aliphatic rings. The molecule has 0 aliphatic heterocycles. The third kappa shape index (κ3) is 12.9. The summed E-state index contributed by atoms with van der Waals surface area (Å²) in [5.41, 5.74) is -2.83. The van der Waals surface area contributed by atoms with Crippen LogP contribution in [0.5, 0.6) is 5.75 Å². The quantitative estimate of drug-likeness (QED) is 0.0754. The summed E-state index contributed by atoms with van der Waals surface area (Å²) in [6.45, 7) is 6.00. The maximum Gasteiger partial charge on any atom is 0.428 e. The molecule has 0 saturated heterocycles. The number of aryl methyl sites for hydroxylation is 1. The molecule has 0 spiro atoms. The number of carbonyl (C=O) groups excluding carboxylic acids is 3. The van der Waals surface area contributed by atoms with Crippen molar-refractivity contribution >= 4 is 39.4 Å². The smallest absolute Gasteiger partial charge is 0.428 e. The summed E-state index contributed by atoms with van der Waals surface area (Å²) in [7, 11) is 1.57. The molecule has 2 atom stereocenters. The predicted octanol–water partition coefficient (Wildman–Crippen LogP) is 7.73. The normalized spacial score (nSPS) is 13.5. The number of methoxy groups -OCH3 is 1. The van der Waals surface area contributed by atoms with Crippen LogP contribution in [0.1, 0.15) is 67.7 Å². The topological polar surface area (TPSA) is 134 Å².